The third-order valence-corrected chi connectivity index (χ3v) is 3.08. The molecule has 1 aromatic heterocycles. The Labute approximate surface area is 95.3 Å². The minimum Gasteiger partial charge on any atom is -0.496 e. The molecule has 2 aromatic rings. The number of aryl methyl sites for hydroxylation is 1. The summed E-state index contributed by atoms with van der Waals surface area (Å²) in [5.74, 6) is 1.02. The van der Waals surface area contributed by atoms with Crippen LogP contribution in [0.25, 0.3) is 10.9 Å². The Bertz CT molecular complexity index is 502. The lowest BCUT2D eigenvalue weighted by atomic mass is 10.1. The highest BCUT2D eigenvalue weighted by molar-refractivity contribution is 5.87. The lowest BCUT2D eigenvalue weighted by Gasteiger charge is -2.09. The van der Waals surface area contributed by atoms with Crippen LogP contribution in [0.1, 0.15) is 18.5 Å². The van der Waals surface area contributed by atoms with Crippen molar-refractivity contribution in [3.8, 4) is 5.75 Å². The monoisotopic (exact) mass is 219 g/mol. The average Bonchev–Trinajstić information content (AvgIpc) is 2.66. The molecule has 1 heterocycles. The average molecular weight is 219 g/mol. The van der Waals surface area contributed by atoms with Crippen LogP contribution in [-0.2, 0) is 7.05 Å². The minimum absolute atomic E-state index is 0.141. The fraction of sp³-hybridized carbons (Fsp3) is 0.385. The molecular weight excluding hydrogens is 202 g/mol. The second-order valence-corrected chi connectivity index (χ2v) is 4.10. The van der Waals surface area contributed by atoms with Crippen LogP contribution < -0.4 is 4.74 Å². The maximum Gasteiger partial charge on any atom is 0.128 e. The molecule has 1 atom stereocenters. The summed E-state index contributed by atoms with van der Waals surface area (Å²) < 4.78 is 7.44. The van der Waals surface area contributed by atoms with Gasteiger partial charge in [-0.2, -0.15) is 0 Å². The fourth-order valence-corrected chi connectivity index (χ4v) is 2.10. The van der Waals surface area contributed by atoms with E-state index in [1.54, 1.807) is 7.11 Å². The first-order valence-electron chi connectivity index (χ1n) is 5.42. The van der Waals surface area contributed by atoms with Gasteiger partial charge in [0.2, 0.25) is 0 Å². The minimum atomic E-state index is 0.141. The molecule has 0 saturated carbocycles. The Morgan fingerprint density at radius 2 is 2.19 bits per heavy atom. The number of methoxy groups -OCH3 is 1. The van der Waals surface area contributed by atoms with Crippen molar-refractivity contribution < 1.29 is 9.84 Å². The molecule has 0 spiro atoms. The maximum absolute atomic E-state index is 9.22. The summed E-state index contributed by atoms with van der Waals surface area (Å²) in [5.41, 5.74) is 2.26. The van der Waals surface area contributed by atoms with Crippen molar-refractivity contribution in [3.05, 3.63) is 30.0 Å². The highest BCUT2D eigenvalue weighted by Crippen LogP contribution is 2.30. The van der Waals surface area contributed by atoms with Gasteiger partial charge in [-0.3, -0.25) is 0 Å². The molecule has 0 saturated heterocycles. The molecular formula is C13H17NO2. The Balaban J connectivity index is 2.67. The molecule has 1 aromatic carbocycles. The van der Waals surface area contributed by atoms with Gasteiger partial charge < -0.3 is 14.4 Å². The van der Waals surface area contributed by atoms with Crippen molar-refractivity contribution in [2.45, 2.75) is 12.8 Å². The first-order chi connectivity index (χ1) is 7.69. The molecule has 0 radical (unpaired) electrons. The molecule has 3 nitrogen and oxygen atoms in total. The Hall–Kier alpha value is -1.48. The largest absolute Gasteiger partial charge is 0.496 e. The van der Waals surface area contributed by atoms with Crippen molar-refractivity contribution in [1.82, 2.24) is 4.57 Å². The SMILES string of the molecule is COc1cccc2c1cc(C(C)CO)n2C. The maximum atomic E-state index is 9.22. The van der Waals surface area contributed by atoms with Crippen molar-refractivity contribution >= 4 is 10.9 Å². The molecule has 1 unspecified atom stereocenters. The zero-order valence-corrected chi connectivity index (χ0v) is 9.90. The zero-order valence-electron chi connectivity index (χ0n) is 9.90. The first-order valence-corrected chi connectivity index (χ1v) is 5.42. The summed E-state index contributed by atoms with van der Waals surface area (Å²) in [5, 5.41) is 10.3. The van der Waals surface area contributed by atoms with E-state index in [9.17, 15) is 5.11 Å². The van der Waals surface area contributed by atoms with Crippen LogP contribution in [0.4, 0.5) is 0 Å². The second kappa shape index (κ2) is 4.18. The van der Waals surface area contributed by atoms with Gasteiger partial charge >= 0.3 is 0 Å². The first kappa shape index (κ1) is 11.0. The number of hydrogen-bond donors (Lipinski definition) is 1. The molecule has 0 bridgehead atoms. The number of aliphatic hydroxyl groups excluding tert-OH is 1. The van der Waals surface area contributed by atoms with E-state index in [0.717, 1.165) is 22.3 Å². The summed E-state index contributed by atoms with van der Waals surface area (Å²) in [4.78, 5) is 0. The highest BCUT2D eigenvalue weighted by atomic mass is 16.5. The van der Waals surface area contributed by atoms with Crippen LogP contribution in [-0.4, -0.2) is 23.4 Å². The van der Waals surface area contributed by atoms with Gasteiger partial charge in [-0.15, -0.1) is 0 Å². The van der Waals surface area contributed by atoms with Gasteiger partial charge in [-0.1, -0.05) is 13.0 Å². The van der Waals surface area contributed by atoms with Gasteiger partial charge in [0.25, 0.3) is 0 Å². The quantitative estimate of drug-likeness (QED) is 0.859. The summed E-state index contributed by atoms with van der Waals surface area (Å²) in [6.45, 7) is 2.17. The van der Waals surface area contributed by atoms with Crippen LogP contribution in [0, 0.1) is 0 Å². The summed E-state index contributed by atoms with van der Waals surface area (Å²) in [7, 11) is 3.69. The van der Waals surface area contributed by atoms with E-state index in [2.05, 4.69) is 16.7 Å². The standard InChI is InChI=1S/C13H17NO2/c1-9(8-15)12-7-10-11(14(12)2)5-4-6-13(10)16-3/h4-7,9,15H,8H2,1-3H3. The predicted octanol–water partition coefficient (Wildman–Crippen LogP) is 2.28. The van der Waals surface area contributed by atoms with Crippen molar-refractivity contribution in [3.63, 3.8) is 0 Å². The molecule has 86 valence electrons. The molecule has 0 aliphatic heterocycles. The summed E-state index contributed by atoms with van der Waals surface area (Å²) in [6.07, 6.45) is 0. The number of aliphatic hydroxyl groups is 1. The van der Waals surface area contributed by atoms with Crippen LogP contribution >= 0.6 is 0 Å². The van der Waals surface area contributed by atoms with E-state index in [1.807, 2.05) is 26.1 Å². The van der Waals surface area contributed by atoms with Gasteiger partial charge in [0.15, 0.2) is 0 Å². The Kier molecular flexibility index (Phi) is 2.88. The number of aromatic nitrogens is 1. The van der Waals surface area contributed by atoms with Crippen LogP contribution in [0.3, 0.4) is 0 Å². The molecule has 1 N–H and O–H groups in total. The Morgan fingerprint density at radius 1 is 1.44 bits per heavy atom. The van der Waals surface area contributed by atoms with E-state index in [-0.39, 0.29) is 12.5 Å². The van der Waals surface area contributed by atoms with Gasteiger partial charge in [0, 0.05) is 24.0 Å². The number of fused-ring (bicyclic) bond motifs is 1. The molecule has 0 amide bonds. The topological polar surface area (TPSA) is 34.4 Å². The molecule has 0 aliphatic carbocycles. The van der Waals surface area contributed by atoms with Crippen LogP contribution in [0.2, 0.25) is 0 Å². The number of benzene rings is 1. The van der Waals surface area contributed by atoms with E-state index in [4.69, 9.17) is 4.74 Å². The van der Waals surface area contributed by atoms with Gasteiger partial charge in [0.05, 0.1) is 19.2 Å². The number of nitrogens with zero attached hydrogens (tertiary/aromatic N) is 1. The Morgan fingerprint density at radius 3 is 2.81 bits per heavy atom. The van der Waals surface area contributed by atoms with Crippen molar-refractivity contribution in [2.24, 2.45) is 7.05 Å². The molecule has 16 heavy (non-hydrogen) atoms. The van der Waals surface area contributed by atoms with E-state index >= 15 is 0 Å². The normalized spacial score (nSPS) is 13.0. The lowest BCUT2D eigenvalue weighted by Crippen LogP contribution is -2.04. The third-order valence-electron chi connectivity index (χ3n) is 3.08. The summed E-state index contributed by atoms with van der Waals surface area (Å²) >= 11 is 0. The van der Waals surface area contributed by atoms with Crippen molar-refractivity contribution in [1.29, 1.82) is 0 Å². The summed E-state index contributed by atoms with van der Waals surface area (Å²) in [6, 6.07) is 8.09. The molecule has 0 aliphatic rings. The molecule has 3 heteroatoms. The third kappa shape index (κ3) is 1.57. The van der Waals surface area contributed by atoms with Gasteiger partial charge in [-0.25, -0.2) is 0 Å². The fourth-order valence-electron chi connectivity index (χ4n) is 2.10. The second-order valence-electron chi connectivity index (χ2n) is 4.10. The number of hydrogen-bond acceptors (Lipinski definition) is 2. The molecule has 2 rings (SSSR count). The highest BCUT2D eigenvalue weighted by Gasteiger charge is 2.13. The smallest absolute Gasteiger partial charge is 0.128 e. The lowest BCUT2D eigenvalue weighted by molar-refractivity contribution is 0.269. The predicted molar refractivity (Wildman–Crippen MR) is 65.0 cm³/mol. The van der Waals surface area contributed by atoms with Crippen molar-refractivity contribution in [2.75, 3.05) is 13.7 Å². The van der Waals surface area contributed by atoms with Gasteiger partial charge in [0.1, 0.15) is 5.75 Å². The van der Waals surface area contributed by atoms with Crippen LogP contribution in [0.5, 0.6) is 5.75 Å². The number of rotatable bonds is 3. The zero-order chi connectivity index (χ0) is 11.7. The number of ether oxygens (including phenoxy) is 1. The van der Waals surface area contributed by atoms with E-state index in [0.29, 0.717) is 0 Å². The van der Waals surface area contributed by atoms with E-state index in [1.165, 1.54) is 0 Å². The van der Waals surface area contributed by atoms with Crippen LogP contribution in [0.15, 0.2) is 24.3 Å². The molecule has 0 fully saturated rings. The van der Waals surface area contributed by atoms with E-state index < -0.39 is 0 Å². The van der Waals surface area contributed by atoms with Gasteiger partial charge in [-0.05, 0) is 18.2 Å².